The summed E-state index contributed by atoms with van der Waals surface area (Å²) in [4.78, 5) is 46.0. The molecule has 1 aromatic rings. The molecule has 1 saturated carbocycles. The maximum absolute atomic E-state index is 14.2. The van der Waals surface area contributed by atoms with E-state index in [2.05, 4.69) is 15.5 Å². The molecule has 4 fully saturated rings. The van der Waals surface area contributed by atoms with Crippen LogP contribution in [0.25, 0.3) is 0 Å². The molecule has 40 heavy (non-hydrogen) atoms. The van der Waals surface area contributed by atoms with Gasteiger partial charge < -0.3 is 25.2 Å². The van der Waals surface area contributed by atoms with Crippen molar-refractivity contribution in [3.63, 3.8) is 0 Å². The maximum Gasteiger partial charge on any atom is 0.246 e. The number of anilines is 1. The van der Waals surface area contributed by atoms with Gasteiger partial charge in [0, 0.05) is 18.3 Å². The fourth-order valence-corrected chi connectivity index (χ4v) is 7.73. The highest BCUT2D eigenvalue weighted by molar-refractivity contribution is 6.02. The molecule has 1 spiro atoms. The topological polar surface area (TPSA) is 91.0 Å². The zero-order valence-corrected chi connectivity index (χ0v) is 24.0. The highest BCUT2D eigenvalue weighted by Crippen LogP contribution is 2.55. The molecule has 6 rings (SSSR count). The van der Waals surface area contributed by atoms with Gasteiger partial charge in [-0.05, 0) is 88.8 Å². The van der Waals surface area contributed by atoms with Gasteiger partial charge in [-0.3, -0.25) is 14.4 Å². The van der Waals surface area contributed by atoms with E-state index in [-0.39, 0.29) is 23.8 Å². The van der Waals surface area contributed by atoms with E-state index in [9.17, 15) is 14.4 Å². The molecule has 2 N–H and O–H groups in total. The third-order valence-corrected chi connectivity index (χ3v) is 9.97. The first kappa shape index (κ1) is 27.5. The van der Waals surface area contributed by atoms with Gasteiger partial charge in [-0.25, -0.2) is 0 Å². The largest absolute Gasteiger partial charge is 0.359 e. The van der Waals surface area contributed by atoms with E-state index in [1.54, 1.807) is 4.90 Å². The van der Waals surface area contributed by atoms with Crippen molar-refractivity contribution in [2.24, 2.45) is 11.8 Å². The third-order valence-electron chi connectivity index (χ3n) is 9.97. The Morgan fingerprint density at radius 3 is 2.48 bits per heavy atom. The Morgan fingerprint density at radius 1 is 0.975 bits per heavy atom. The van der Waals surface area contributed by atoms with Crippen LogP contribution in [0.2, 0.25) is 0 Å². The molecule has 5 atom stereocenters. The van der Waals surface area contributed by atoms with Crippen molar-refractivity contribution in [2.75, 3.05) is 31.5 Å². The molecule has 8 nitrogen and oxygen atoms in total. The van der Waals surface area contributed by atoms with Crippen molar-refractivity contribution >= 4 is 23.4 Å². The van der Waals surface area contributed by atoms with Crippen LogP contribution in [0.5, 0.6) is 0 Å². The van der Waals surface area contributed by atoms with Crippen molar-refractivity contribution in [1.82, 2.24) is 15.1 Å². The van der Waals surface area contributed by atoms with Crippen LogP contribution in [-0.2, 0) is 19.1 Å². The smallest absolute Gasteiger partial charge is 0.246 e. The predicted octanol–water partition coefficient (Wildman–Crippen LogP) is 3.72. The minimum absolute atomic E-state index is 0.130. The molecule has 3 saturated heterocycles. The van der Waals surface area contributed by atoms with Gasteiger partial charge in [-0.2, -0.15) is 0 Å². The molecule has 3 amide bonds. The zero-order valence-electron chi connectivity index (χ0n) is 24.0. The fraction of sp³-hybridized carbons (Fsp3) is 0.656. The molecule has 2 bridgehead atoms. The number of likely N-dealkylation sites (tertiary alicyclic amines) is 2. The first-order valence-corrected chi connectivity index (χ1v) is 15.5. The number of carbonyl (C=O) groups is 3. The molecule has 216 valence electrons. The minimum Gasteiger partial charge on any atom is -0.359 e. The predicted molar refractivity (Wildman–Crippen MR) is 154 cm³/mol. The highest BCUT2D eigenvalue weighted by Gasteiger charge is 2.72. The highest BCUT2D eigenvalue weighted by atomic mass is 16.5. The van der Waals surface area contributed by atoms with E-state index in [4.69, 9.17) is 4.74 Å². The van der Waals surface area contributed by atoms with Crippen LogP contribution in [-0.4, -0.2) is 77.5 Å². The van der Waals surface area contributed by atoms with E-state index in [0.29, 0.717) is 12.2 Å². The lowest BCUT2D eigenvalue weighted by Crippen LogP contribution is -2.56. The molecule has 4 aliphatic heterocycles. The van der Waals surface area contributed by atoms with Gasteiger partial charge in [0.2, 0.25) is 17.7 Å². The van der Waals surface area contributed by atoms with Gasteiger partial charge in [0.15, 0.2) is 0 Å². The summed E-state index contributed by atoms with van der Waals surface area (Å²) in [6, 6.07) is 5.21. The van der Waals surface area contributed by atoms with Crippen LogP contribution in [0.3, 0.4) is 0 Å². The van der Waals surface area contributed by atoms with Crippen LogP contribution in [0.4, 0.5) is 5.69 Å². The number of hydrogen-bond acceptors (Lipinski definition) is 5. The van der Waals surface area contributed by atoms with Crippen LogP contribution in [0.1, 0.15) is 68.9 Å². The molecular formula is C32H44N4O4. The Kier molecular flexibility index (Phi) is 7.75. The second-order valence-electron chi connectivity index (χ2n) is 12.6. The van der Waals surface area contributed by atoms with E-state index >= 15 is 0 Å². The molecule has 8 heteroatoms. The summed E-state index contributed by atoms with van der Waals surface area (Å²) in [5.41, 5.74) is 1.86. The zero-order chi connectivity index (χ0) is 27.9. The molecule has 1 aromatic carbocycles. The van der Waals surface area contributed by atoms with Gasteiger partial charge in [-0.1, -0.05) is 43.9 Å². The van der Waals surface area contributed by atoms with Gasteiger partial charge >= 0.3 is 0 Å². The number of piperidine rings is 1. The quantitative estimate of drug-likeness (QED) is 0.484. The van der Waals surface area contributed by atoms with E-state index < -0.39 is 29.6 Å². The molecule has 1 aliphatic carbocycles. The number of nitrogens with one attached hydrogen (secondary N) is 2. The lowest BCUT2D eigenvalue weighted by Gasteiger charge is -2.34. The van der Waals surface area contributed by atoms with Gasteiger partial charge in [0.25, 0.3) is 0 Å². The number of aryl methyl sites for hydroxylation is 2. The summed E-state index contributed by atoms with van der Waals surface area (Å²) in [7, 11) is 0. The Balaban J connectivity index is 1.24. The fourth-order valence-electron chi connectivity index (χ4n) is 7.73. The first-order chi connectivity index (χ1) is 19.4. The van der Waals surface area contributed by atoms with E-state index in [1.807, 2.05) is 44.2 Å². The second-order valence-corrected chi connectivity index (χ2v) is 12.6. The molecule has 0 radical (unpaired) electrons. The number of benzene rings is 1. The van der Waals surface area contributed by atoms with Gasteiger partial charge in [0.05, 0.1) is 17.9 Å². The molecule has 4 heterocycles. The van der Waals surface area contributed by atoms with Gasteiger partial charge in [0.1, 0.15) is 11.6 Å². The number of hydrogen-bond donors (Lipinski definition) is 2. The second kappa shape index (κ2) is 11.3. The number of fused-ring (bicyclic) bond motifs is 1. The Bertz CT molecular complexity index is 1170. The average Bonchev–Trinajstić information content (AvgIpc) is 3.59. The van der Waals surface area contributed by atoms with Crippen LogP contribution >= 0.6 is 0 Å². The van der Waals surface area contributed by atoms with Crippen molar-refractivity contribution in [1.29, 1.82) is 0 Å². The molecule has 0 aromatic heterocycles. The summed E-state index contributed by atoms with van der Waals surface area (Å²) in [5.74, 6) is -1.86. The van der Waals surface area contributed by atoms with Crippen molar-refractivity contribution in [3.8, 4) is 0 Å². The van der Waals surface area contributed by atoms with Crippen molar-refractivity contribution in [2.45, 2.75) is 95.4 Å². The monoisotopic (exact) mass is 548 g/mol. The molecule has 3 unspecified atom stereocenters. The van der Waals surface area contributed by atoms with Crippen LogP contribution in [0, 0.1) is 25.7 Å². The summed E-state index contributed by atoms with van der Waals surface area (Å²) < 4.78 is 6.51. The lowest BCUT2D eigenvalue weighted by molar-refractivity contribution is -0.141. The van der Waals surface area contributed by atoms with Gasteiger partial charge in [-0.15, -0.1) is 0 Å². The number of nitrogens with zero attached hydrogens (tertiary/aromatic N) is 2. The third kappa shape index (κ3) is 4.98. The normalized spacial score (nSPS) is 31.9. The number of ether oxygens (including phenoxy) is 1. The minimum atomic E-state index is -1.10. The summed E-state index contributed by atoms with van der Waals surface area (Å²) in [5, 5.41) is 6.33. The van der Waals surface area contributed by atoms with E-state index in [0.717, 1.165) is 62.9 Å². The lowest BCUT2D eigenvalue weighted by atomic mass is 9.74. The number of rotatable bonds is 8. The standard InChI is InChI=1S/C32H44N4O4/c1-21-12-13-24(20-22(21)2)34-29(37)26-25-14-15-32(40-25)27(26)31(39)36(19-9-18-35-16-7-4-8-17-35)28(32)30(38)33-23-10-5-3-6-11-23/h12-15,20,23,25-28H,3-11,16-19H2,1-2H3,(H,33,38)(H,34,37)/t25-,26?,27-,28?,32?/m0/s1. The number of carbonyl (C=O) groups excluding carboxylic acids is 3. The van der Waals surface area contributed by atoms with Crippen LogP contribution < -0.4 is 10.6 Å². The van der Waals surface area contributed by atoms with Crippen molar-refractivity contribution in [3.05, 3.63) is 41.5 Å². The SMILES string of the molecule is Cc1ccc(NC(=O)C2[C@@H]3C=CC4(O3)C(C(=O)NC3CCCCC3)N(CCCN3CCCCC3)C(=O)[C@H]24)cc1C. The summed E-state index contributed by atoms with van der Waals surface area (Å²) in [6.45, 7) is 7.65. The summed E-state index contributed by atoms with van der Waals surface area (Å²) in [6.07, 6.45) is 13.2. The van der Waals surface area contributed by atoms with Crippen molar-refractivity contribution < 1.29 is 19.1 Å². The average molecular weight is 549 g/mol. The van der Waals surface area contributed by atoms with E-state index in [1.165, 1.54) is 25.7 Å². The Hall–Kier alpha value is -2.71. The maximum atomic E-state index is 14.2. The summed E-state index contributed by atoms with van der Waals surface area (Å²) >= 11 is 0. The van der Waals surface area contributed by atoms with Crippen LogP contribution in [0.15, 0.2) is 30.4 Å². The molecule has 5 aliphatic rings. The molecular weight excluding hydrogens is 504 g/mol. The Labute approximate surface area is 237 Å². The first-order valence-electron chi connectivity index (χ1n) is 15.5. The Morgan fingerprint density at radius 2 is 1.73 bits per heavy atom. The number of amides is 3.